The van der Waals surface area contributed by atoms with Crippen LogP contribution >= 0.6 is 0 Å². The predicted octanol–water partition coefficient (Wildman–Crippen LogP) is 2.18. The van der Waals surface area contributed by atoms with Crippen LogP contribution in [0.25, 0.3) is 10.8 Å². The zero-order valence-electron chi connectivity index (χ0n) is 13.1. The van der Waals surface area contributed by atoms with Crippen LogP contribution in [-0.4, -0.2) is 49.8 Å². The molecule has 0 spiro atoms. The van der Waals surface area contributed by atoms with Gasteiger partial charge in [-0.3, -0.25) is 0 Å². The topological polar surface area (TPSA) is 44.7 Å². The Hall–Kier alpha value is -1.62. The summed E-state index contributed by atoms with van der Waals surface area (Å²) >= 11 is 0. The minimum absolute atomic E-state index is 0.439. The summed E-state index contributed by atoms with van der Waals surface area (Å²) in [7, 11) is 1.68. The number of nitrogens with zero attached hydrogens (tertiary/aromatic N) is 1. The van der Waals surface area contributed by atoms with Crippen LogP contribution in [0, 0.1) is 0 Å². The average molecular weight is 300 g/mol. The molecule has 22 heavy (non-hydrogen) atoms. The minimum atomic E-state index is -0.439. The average Bonchev–Trinajstić information content (AvgIpc) is 2.59. The van der Waals surface area contributed by atoms with Crippen LogP contribution in [0.15, 0.2) is 36.4 Å². The molecule has 1 heterocycles. The van der Waals surface area contributed by atoms with Gasteiger partial charge in [0, 0.05) is 38.1 Å². The maximum atomic E-state index is 10.6. The Labute approximate surface area is 131 Å². The zero-order valence-corrected chi connectivity index (χ0v) is 13.1. The van der Waals surface area contributed by atoms with E-state index in [4.69, 9.17) is 4.74 Å². The summed E-state index contributed by atoms with van der Waals surface area (Å²) in [5, 5.41) is 16.1. The number of piperazine rings is 1. The molecule has 2 aromatic rings. The molecule has 118 valence electrons. The molecule has 1 aliphatic heterocycles. The molecule has 4 nitrogen and oxygen atoms in total. The highest BCUT2D eigenvalue weighted by atomic mass is 16.5. The van der Waals surface area contributed by atoms with E-state index in [1.165, 1.54) is 0 Å². The summed E-state index contributed by atoms with van der Waals surface area (Å²) in [4.78, 5) is 2.41. The summed E-state index contributed by atoms with van der Waals surface area (Å²) in [6.07, 6.45) is 0.321. The summed E-state index contributed by atoms with van der Waals surface area (Å²) in [5.74, 6) is 0.855. The van der Waals surface area contributed by atoms with E-state index in [-0.39, 0.29) is 0 Å². The SMILES string of the molecule is COc1ccc(C(O)CCN2CCNCC2)c2ccccc12. The molecule has 0 bridgehead atoms. The van der Waals surface area contributed by atoms with Gasteiger partial charge < -0.3 is 20.1 Å². The fourth-order valence-electron chi connectivity index (χ4n) is 3.16. The van der Waals surface area contributed by atoms with E-state index in [9.17, 15) is 5.11 Å². The first-order valence-corrected chi connectivity index (χ1v) is 7.96. The molecule has 1 unspecified atom stereocenters. The smallest absolute Gasteiger partial charge is 0.126 e. The van der Waals surface area contributed by atoms with Gasteiger partial charge in [0.2, 0.25) is 0 Å². The highest BCUT2D eigenvalue weighted by Gasteiger charge is 2.16. The highest BCUT2D eigenvalue weighted by Crippen LogP contribution is 2.32. The third-order valence-electron chi connectivity index (χ3n) is 4.43. The van der Waals surface area contributed by atoms with Crippen molar-refractivity contribution in [3.8, 4) is 5.75 Å². The molecular formula is C18H24N2O2. The molecule has 0 aromatic heterocycles. The van der Waals surface area contributed by atoms with Crippen molar-refractivity contribution < 1.29 is 9.84 Å². The van der Waals surface area contributed by atoms with Crippen molar-refractivity contribution in [3.05, 3.63) is 42.0 Å². The number of benzene rings is 2. The fraction of sp³-hybridized carbons (Fsp3) is 0.444. The fourth-order valence-corrected chi connectivity index (χ4v) is 3.16. The third kappa shape index (κ3) is 3.24. The Morgan fingerprint density at radius 1 is 1.14 bits per heavy atom. The number of aliphatic hydroxyl groups excluding tert-OH is 1. The quantitative estimate of drug-likeness (QED) is 0.888. The Kier molecular flexibility index (Phi) is 4.93. The molecule has 0 saturated carbocycles. The van der Waals surface area contributed by atoms with Gasteiger partial charge in [-0.1, -0.05) is 30.3 Å². The van der Waals surface area contributed by atoms with Crippen molar-refractivity contribution in [2.45, 2.75) is 12.5 Å². The molecule has 3 rings (SSSR count). The van der Waals surface area contributed by atoms with Gasteiger partial charge in [-0.2, -0.15) is 0 Å². The second-order valence-electron chi connectivity index (χ2n) is 5.80. The van der Waals surface area contributed by atoms with E-state index < -0.39 is 6.10 Å². The van der Waals surface area contributed by atoms with Gasteiger partial charge in [0.1, 0.15) is 5.75 Å². The number of hydrogen-bond donors (Lipinski definition) is 2. The Morgan fingerprint density at radius 3 is 2.59 bits per heavy atom. The monoisotopic (exact) mass is 300 g/mol. The van der Waals surface area contributed by atoms with Crippen LogP contribution in [0.4, 0.5) is 0 Å². The van der Waals surface area contributed by atoms with Crippen LogP contribution in [0.1, 0.15) is 18.1 Å². The highest BCUT2D eigenvalue weighted by molar-refractivity contribution is 5.91. The molecule has 1 atom stereocenters. The summed E-state index contributed by atoms with van der Waals surface area (Å²) in [6.45, 7) is 5.15. The van der Waals surface area contributed by atoms with Gasteiger partial charge in [-0.15, -0.1) is 0 Å². The summed E-state index contributed by atoms with van der Waals surface area (Å²) < 4.78 is 5.42. The molecule has 0 radical (unpaired) electrons. The lowest BCUT2D eigenvalue weighted by Gasteiger charge is -2.28. The summed E-state index contributed by atoms with van der Waals surface area (Å²) in [5.41, 5.74) is 0.992. The second kappa shape index (κ2) is 7.09. The summed E-state index contributed by atoms with van der Waals surface area (Å²) in [6, 6.07) is 12.0. The number of nitrogens with one attached hydrogen (secondary N) is 1. The van der Waals surface area contributed by atoms with Gasteiger partial charge in [-0.25, -0.2) is 0 Å². The molecule has 1 aliphatic rings. The normalized spacial score (nSPS) is 17.5. The van der Waals surface area contributed by atoms with Crippen molar-refractivity contribution in [2.75, 3.05) is 39.8 Å². The lowest BCUT2D eigenvalue weighted by Crippen LogP contribution is -2.44. The first kappa shape index (κ1) is 15.3. The number of hydrogen-bond acceptors (Lipinski definition) is 4. The van der Waals surface area contributed by atoms with Crippen LogP contribution in [0.3, 0.4) is 0 Å². The molecular weight excluding hydrogens is 276 g/mol. The van der Waals surface area contributed by atoms with Crippen molar-refractivity contribution in [1.29, 1.82) is 0 Å². The Morgan fingerprint density at radius 2 is 1.86 bits per heavy atom. The van der Waals surface area contributed by atoms with Gasteiger partial charge in [0.05, 0.1) is 13.2 Å². The van der Waals surface area contributed by atoms with Crippen molar-refractivity contribution in [2.24, 2.45) is 0 Å². The Balaban J connectivity index is 1.77. The maximum absolute atomic E-state index is 10.6. The van der Waals surface area contributed by atoms with Gasteiger partial charge >= 0.3 is 0 Å². The van der Waals surface area contributed by atoms with Crippen LogP contribution in [-0.2, 0) is 0 Å². The predicted molar refractivity (Wildman–Crippen MR) is 89.4 cm³/mol. The van der Waals surface area contributed by atoms with E-state index in [0.717, 1.165) is 61.2 Å². The van der Waals surface area contributed by atoms with Gasteiger partial charge in [-0.05, 0) is 23.4 Å². The Bertz CT molecular complexity index is 624. The van der Waals surface area contributed by atoms with E-state index in [1.807, 2.05) is 30.3 Å². The molecule has 0 amide bonds. The lowest BCUT2D eigenvalue weighted by atomic mass is 9.98. The zero-order chi connectivity index (χ0) is 15.4. The standard InChI is InChI=1S/C18H24N2O2/c1-22-18-7-6-15(14-4-2-3-5-16(14)18)17(21)8-11-20-12-9-19-10-13-20/h2-7,17,19,21H,8-13H2,1H3. The minimum Gasteiger partial charge on any atom is -0.496 e. The van der Waals surface area contributed by atoms with E-state index in [1.54, 1.807) is 7.11 Å². The van der Waals surface area contributed by atoms with Crippen molar-refractivity contribution in [3.63, 3.8) is 0 Å². The third-order valence-corrected chi connectivity index (χ3v) is 4.43. The van der Waals surface area contributed by atoms with Crippen molar-refractivity contribution in [1.82, 2.24) is 10.2 Å². The maximum Gasteiger partial charge on any atom is 0.126 e. The van der Waals surface area contributed by atoms with E-state index >= 15 is 0 Å². The molecule has 0 aliphatic carbocycles. The molecule has 1 fully saturated rings. The van der Waals surface area contributed by atoms with Gasteiger partial charge in [0.15, 0.2) is 0 Å². The largest absolute Gasteiger partial charge is 0.496 e. The first-order chi connectivity index (χ1) is 10.8. The molecule has 2 N–H and O–H groups in total. The van der Waals surface area contributed by atoms with E-state index in [0.29, 0.717) is 0 Å². The number of rotatable bonds is 5. The number of fused-ring (bicyclic) bond motifs is 1. The number of ether oxygens (including phenoxy) is 1. The van der Waals surface area contributed by atoms with Gasteiger partial charge in [0.25, 0.3) is 0 Å². The van der Waals surface area contributed by atoms with Crippen LogP contribution < -0.4 is 10.1 Å². The molecule has 4 heteroatoms. The molecule has 1 saturated heterocycles. The number of aliphatic hydroxyl groups is 1. The first-order valence-electron chi connectivity index (χ1n) is 7.96. The number of methoxy groups -OCH3 is 1. The molecule has 2 aromatic carbocycles. The van der Waals surface area contributed by atoms with Crippen molar-refractivity contribution >= 4 is 10.8 Å². The van der Waals surface area contributed by atoms with Crippen LogP contribution in [0.5, 0.6) is 5.75 Å². The lowest BCUT2D eigenvalue weighted by molar-refractivity contribution is 0.138. The second-order valence-corrected chi connectivity index (χ2v) is 5.80. The van der Waals surface area contributed by atoms with E-state index in [2.05, 4.69) is 16.3 Å². The van der Waals surface area contributed by atoms with Crippen LogP contribution in [0.2, 0.25) is 0 Å².